The molecule has 0 unspecified atom stereocenters. The lowest BCUT2D eigenvalue weighted by Gasteiger charge is -2.62. The number of carbonyl (C=O) groups excluding carboxylic acids is 3. The number of aliphatic hydroxyl groups is 2. The molecule has 0 bridgehead atoms. The van der Waals surface area contributed by atoms with Crippen molar-refractivity contribution in [2.24, 2.45) is 52.3 Å². The average molecular weight is 687 g/mol. The number of fused-ring (bicyclic) bond motifs is 5. The van der Waals surface area contributed by atoms with Crippen molar-refractivity contribution >= 4 is 17.7 Å². The van der Waals surface area contributed by atoms with Gasteiger partial charge >= 0.3 is 0 Å². The highest BCUT2D eigenvalue weighted by Crippen LogP contribution is 2.66. The number of nitrogens with zero attached hydrogens (tertiary/aromatic N) is 2. The summed E-state index contributed by atoms with van der Waals surface area (Å²) in [6, 6.07) is -1.21. The number of piperazine rings is 1. The molecule has 5 fully saturated rings. The van der Waals surface area contributed by atoms with E-state index in [0.717, 1.165) is 45.2 Å². The first kappa shape index (κ1) is 38.5. The summed E-state index contributed by atoms with van der Waals surface area (Å²) in [5.41, 5.74) is 0.267. The zero-order valence-corrected chi connectivity index (χ0v) is 32.0. The lowest BCUT2D eigenvalue weighted by atomic mass is 9.44. The Labute approximate surface area is 297 Å². The van der Waals surface area contributed by atoms with E-state index in [1.54, 1.807) is 0 Å². The van der Waals surface area contributed by atoms with E-state index in [1.165, 1.54) is 19.3 Å². The highest BCUT2D eigenvalue weighted by molar-refractivity contribution is 5.92. The molecule has 9 heteroatoms. The second-order valence-corrected chi connectivity index (χ2v) is 18.8. The minimum atomic E-state index is -0.667. The van der Waals surface area contributed by atoms with Crippen molar-refractivity contribution < 1.29 is 24.6 Å². The van der Waals surface area contributed by atoms with E-state index in [1.807, 2.05) is 32.6 Å². The van der Waals surface area contributed by atoms with Gasteiger partial charge in [0.2, 0.25) is 17.7 Å². The third-order valence-electron chi connectivity index (χ3n) is 14.0. The van der Waals surface area contributed by atoms with E-state index >= 15 is 0 Å². The Kier molecular flexibility index (Phi) is 12.2. The van der Waals surface area contributed by atoms with Crippen molar-refractivity contribution in [3.8, 4) is 0 Å². The molecule has 0 spiro atoms. The molecule has 0 radical (unpaired) electrons. The van der Waals surface area contributed by atoms with E-state index < -0.39 is 12.1 Å². The molecule has 280 valence electrons. The molecule has 11 atom stereocenters. The van der Waals surface area contributed by atoms with Crippen molar-refractivity contribution in [2.75, 3.05) is 26.2 Å². The van der Waals surface area contributed by atoms with E-state index in [2.05, 4.69) is 43.2 Å². The molecule has 5 rings (SSSR count). The maximum atomic E-state index is 14.0. The fourth-order valence-corrected chi connectivity index (χ4v) is 11.4. The van der Waals surface area contributed by atoms with Gasteiger partial charge < -0.3 is 25.7 Å². The first-order valence-electron chi connectivity index (χ1n) is 20.0. The number of aliphatic hydroxyl groups excluding tert-OH is 2. The van der Waals surface area contributed by atoms with Crippen LogP contribution in [0.2, 0.25) is 0 Å². The molecule has 4 N–H and O–H groups in total. The van der Waals surface area contributed by atoms with Gasteiger partial charge in [-0.3, -0.25) is 19.3 Å². The molecule has 1 aliphatic heterocycles. The topological polar surface area (TPSA) is 122 Å². The van der Waals surface area contributed by atoms with Crippen LogP contribution in [0.1, 0.15) is 126 Å². The van der Waals surface area contributed by atoms with Gasteiger partial charge in [-0.25, -0.2) is 0 Å². The zero-order valence-electron chi connectivity index (χ0n) is 32.0. The molecule has 49 heavy (non-hydrogen) atoms. The Bertz CT molecular complexity index is 1170. The minimum absolute atomic E-state index is 0.0474. The SMILES string of the molecule is CC(C)CC(=O)N[C@@H](CC(C)C)C(=O)N[C@@H](CC(C)C)C(=O)N1CCN([C@H]2C[C@@]3(C)[C@@H](CC[C@@H]4[C@@H]3CC[C@]3(C)[C@@H](O)CC[C@@H]43)C[C@@H]2O)CC1. The van der Waals surface area contributed by atoms with E-state index in [-0.39, 0.29) is 64.6 Å². The minimum Gasteiger partial charge on any atom is -0.393 e. The molecule has 5 aliphatic rings. The molecule has 1 heterocycles. The lowest BCUT2D eigenvalue weighted by Crippen LogP contribution is -2.63. The molecular weight excluding hydrogens is 616 g/mol. The summed E-state index contributed by atoms with van der Waals surface area (Å²) in [4.78, 5) is 44.5. The Morgan fingerprint density at radius 1 is 0.755 bits per heavy atom. The van der Waals surface area contributed by atoms with Crippen LogP contribution < -0.4 is 10.6 Å². The maximum absolute atomic E-state index is 14.0. The Balaban J connectivity index is 1.21. The van der Waals surface area contributed by atoms with Gasteiger partial charge in [-0.1, -0.05) is 55.4 Å². The highest BCUT2D eigenvalue weighted by atomic mass is 16.3. The van der Waals surface area contributed by atoms with Gasteiger partial charge in [-0.15, -0.1) is 0 Å². The summed E-state index contributed by atoms with van der Waals surface area (Å²) in [6.07, 6.45) is 9.63. The van der Waals surface area contributed by atoms with E-state index in [4.69, 9.17) is 0 Å². The van der Waals surface area contributed by atoms with Crippen LogP contribution in [-0.2, 0) is 14.4 Å². The molecule has 4 aliphatic carbocycles. The van der Waals surface area contributed by atoms with Crippen molar-refractivity contribution in [1.29, 1.82) is 0 Å². The number of nitrogens with one attached hydrogen (secondary N) is 2. The zero-order chi connectivity index (χ0) is 35.8. The predicted molar refractivity (Wildman–Crippen MR) is 193 cm³/mol. The largest absolute Gasteiger partial charge is 0.393 e. The van der Waals surface area contributed by atoms with Gasteiger partial charge in [0.05, 0.1) is 12.2 Å². The fourth-order valence-electron chi connectivity index (χ4n) is 11.4. The molecular formula is C40H70N4O5. The number of hydrogen-bond donors (Lipinski definition) is 4. The summed E-state index contributed by atoms with van der Waals surface area (Å²) in [5, 5.41) is 28.5. The number of amides is 3. The van der Waals surface area contributed by atoms with Gasteiger partial charge in [-0.2, -0.15) is 0 Å². The second-order valence-electron chi connectivity index (χ2n) is 18.8. The summed E-state index contributed by atoms with van der Waals surface area (Å²) < 4.78 is 0. The summed E-state index contributed by atoms with van der Waals surface area (Å²) in [5.74, 6) is 2.67. The van der Waals surface area contributed by atoms with Crippen molar-refractivity contribution in [2.45, 2.75) is 156 Å². The Morgan fingerprint density at radius 3 is 2.02 bits per heavy atom. The number of hydrogen-bond acceptors (Lipinski definition) is 6. The van der Waals surface area contributed by atoms with Crippen LogP contribution in [0, 0.1) is 52.3 Å². The Hall–Kier alpha value is -1.71. The van der Waals surface area contributed by atoms with Crippen LogP contribution in [0.4, 0.5) is 0 Å². The molecule has 0 aromatic heterocycles. The smallest absolute Gasteiger partial charge is 0.245 e. The monoisotopic (exact) mass is 687 g/mol. The van der Waals surface area contributed by atoms with Crippen LogP contribution in [0.25, 0.3) is 0 Å². The normalized spacial score (nSPS) is 37.7. The van der Waals surface area contributed by atoms with Gasteiger partial charge in [0, 0.05) is 38.6 Å². The van der Waals surface area contributed by atoms with Crippen LogP contribution in [0.15, 0.2) is 0 Å². The first-order chi connectivity index (χ1) is 23.0. The van der Waals surface area contributed by atoms with Gasteiger partial charge in [0.25, 0.3) is 0 Å². The standard InChI is InChI=1S/C40H70N4O5/c1-24(2)19-31(41-36(47)21-26(5)6)37(48)42-32(20-25(3)4)38(49)44-17-15-43(16-18-44)33-23-40(8)27(22-34(33)45)9-10-28-29-11-12-35(46)39(29,7)14-13-30(28)40/h24-35,45-46H,9-23H2,1-8H3,(H,41,47)(H,42,48)/t27-,28-,29-,30-,31-,32-,33-,34-,35-,39-,40-/m0/s1. The fraction of sp³-hybridized carbons (Fsp3) is 0.925. The molecule has 0 aromatic rings. The van der Waals surface area contributed by atoms with Gasteiger partial charge in [0.1, 0.15) is 12.1 Å². The second kappa shape index (κ2) is 15.5. The molecule has 3 amide bonds. The number of carbonyl (C=O) groups is 3. The van der Waals surface area contributed by atoms with Crippen LogP contribution in [-0.4, -0.2) is 94.2 Å². The van der Waals surface area contributed by atoms with Crippen molar-refractivity contribution in [3.05, 3.63) is 0 Å². The van der Waals surface area contributed by atoms with Crippen molar-refractivity contribution in [3.63, 3.8) is 0 Å². The van der Waals surface area contributed by atoms with E-state index in [0.29, 0.717) is 56.0 Å². The van der Waals surface area contributed by atoms with Gasteiger partial charge in [-0.05, 0) is 116 Å². The predicted octanol–water partition coefficient (Wildman–Crippen LogP) is 4.98. The van der Waals surface area contributed by atoms with Crippen LogP contribution >= 0.6 is 0 Å². The molecule has 0 aromatic carbocycles. The van der Waals surface area contributed by atoms with E-state index in [9.17, 15) is 24.6 Å². The number of rotatable bonds is 11. The maximum Gasteiger partial charge on any atom is 0.245 e. The summed E-state index contributed by atoms with van der Waals surface area (Å²) >= 11 is 0. The molecule has 9 nitrogen and oxygen atoms in total. The third-order valence-corrected chi connectivity index (χ3v) is 14.0. The summed E-state index contributed by atoms with van der Waals surface area (Å²) in [7, 11) is 0. The van der Waals surface area contributed by atoms with Crippen LogP contribution in [0.3, 0.4) is 0 Å². The first-order valence-corrected chi connectivity index (χ1v) is 20.0. The quantitative estimate of drug-likeness (QED) is 0.243. The molecule has 4 saturated carbocycles. The summed E-state index contributed by atoms with van der Waals surface area (Å²) in [6.45, 7) is 19.6. The molecule has 1 saturated heterocycles. The average Bonchev–Trinajstić information content (AvgIpc) is 3.33. The third kappa shape index (κ3) is 8.19. The van der Waals surface area contributed by atoms with Crippen LogP contribution in [0.5, 0.6) is 0 Å². The Morgan fingerprint density at radius 2 is 1.39 bits per heavy atom. The van der Waals surface area contributed by atoms with Gasteiger partial charge in [0.15, 0.2) is 0 Å². The highest BCUT2D eigenvalue weighted by Gasteiger charge is 2.61. The lowest BCUT2D eigenvalue weighted by molar-refractivity contribution is -0.157. The van der Waals surface area contributed by atoms with Crippen molar-refractivity contribution in [1.82, 2.24) is 20.4 Å².